The molecule has 0 spiro atoms. The van der Waals surface area contributed by atoms with Gasteiger partial charge in [0.1, 0.15) is 12.0 Å². The van der Waals surface area contributed by atoms with Crippen LogP contribution in [0.15, 0.2) is 12.2 Å². The number of carboxylic acid groups (broad SMARTS) is 1. The van der Waals surface area contributed by atoms with Crippen LogP contribution in [0, 0.1) is 5.92 Å². The number of ether oxygens (including phenoxy) is 1. The fraction of sp³-hybridized carbons (Fsp3) is 0.667. The quantitative estimate of drug-likeness (QED) is 0.428. The number of unbranched alkanes of at least 4 members (excludes halogenated alkanes) is 3. The molecular formula is C12H18O4. The van der Waals surface area contributed by atoms with Gasteiger partial charge in [-0.2, -0.15) is 0 Å². The molecule has 16 heavy (non-hydrogen) atoms. The zero-order chi connectivity index (χ0) is 12.1. The molecule has 0 aromatic heterocycles. The van der Waals surface area contributed by atoms with Crippen molar-refractivity contribution in [3.8, 4) is 0 Å². The van der Waals surface area contributed by atoms with E-state index < -0.39 is 24.0 Å². The van der Waals surface area contributed by atoms with Gasteiger partial charge in [0.05, 0.1) is 0 Å². The van der Waals surface area contributed by atoms with Crippen molar-refractivity contribution in [1.29, 1.82) is 0 Å². The largest absolute Gasteiger partial charge is 0.481 e. The lowest BCUT2D eigenvalue weighted by atomic mass is 9.93. The van der Waals surface area contributed by atoms with E-state index >= 15 is 0 Å². The van der Waals surface area contributed by atoms with Crippen molar-refractivity contribution in [2.75, 3.05) is 0 Å². The molecule has 1 N–H and O–H groups in total. The van der Waals surface area contributed by atoms with Crippen molar-refractivity contribution in [3.63, 3.8) is 0 Å². The standard InChI is InChI=1S/C12H18O4/c1-3-4-5-6-7-9-10(11(13)14)8(2)12(15)16-9/h9-10H,2-7H2,1H3,(H,13,14)/t9-,10+/m0/s1. The molecule has 0 unspecified atom stereocenters. The van der Waals surface area contributed by atoms with Gasteiger partial charge in [0.25, 0.3) is 0 Å². The predicted octanol–water partition coefficient (Wildman–Crippen LogP) is 2.14. The predicted molar refractivity (Wildman–Crippen MR) is 58.9 cm³/mol. The van der Waals surface area contributed by atoms with Crippen LogP contribution in [0.25, 0.3) is 0 Å². The molecule has 1 saturated heterocycles. The van der Waals surface area contributed by atoms with Crippen LogP contribution in [0.2, 0.25) is 0 Å². The van der Waals surface area contributed by atoms with Gasteiger partial charge >= 0.3 is 11.9 Å². The summed E-state index contributed by atoms with van der Waals surface area (Å²) in [5, 5.41) is 8.98. The highest BCUT2D eigenvalue weighted by Gasteiger charge is 2.42. The summed E-state index contributed by atoms with van der Waals surface area (Å²) in [6.45, 7) is 5.59. The highest BCUT2D eigenvalue weighted by atomic mass is 16.6. The zero-order valence-corrected chi connectivity index (χ0v) is 9.57. The minimum atomic E-state index is -1.02. The number of aliphatic carboxylic acids is 1. The lowest BCUT2D eigenvalue weighted by molar-refractivity contribution is -0.144. The van der Waals surface area contributed by atoms with Crippen LogP contribution in [-0.2, 0) is 14.3 Å². The van der Waals surface area contributed by atoms with Crippen molar-refractivity contribution in [2.45, 2.75) is 45.1 Å². The van der Waals surface area contributed by atoms with E-state index in [9.17, 15) is 9.59 Å². The fourth-order valence-corrected chi connectivity index (χ4v) is 1.94. The number of carboxylic acids is 1. The lowest BCUT2D eigenvalue weighted by Gasteiger charge is -2.13. The average Bonchev–Trinajstić information content (AvgIpc) is 2.50. The Morgan fingerprint density at radius 3 is 2.69 bits per heavy atom. The first-order valence-corrected chi connectivity index (χ1v) is 5.70. The molecule has 0 aliphatic carbocycles. The Labute approximate surface area is 95.3 Å². The molecule has 4 heteroatoms. The minimum Gasteiger partial charge on any atom is -0.481 e. The smallest absolute Gasteiger partial charge is 0.334 e. The van der Waals surface area contributed by atoms with E-state index in [2.05, 4.69) is 13.5 Å². The topological polar surface area (TPSA) is 63.6 Å². The molecular weight excluding hydrogens is 208 g/mol. The van der Waals surface area contributed by atoms with E-state index in [4.69, 9.17) is 9.84 Å². The van der Waals surface area contributed by atoms with E-state index in [0.717, 1.165) is 25.7 Å². The van der Waals surface area contributed by atoms with Gasteiger partial charge in [-0.1, -0.05) is 32.8 Å². The van der Waals surface area contributed by atoms with Gasteiger partial charge in [-0.15, -0.1) is 0 Å². The molecule has 90 valence electrons. The van der Waals surface area contributed by atoms with E-state index in [1.54, 1.807) is 0 Å². The molecule has 1 aliphatic rings. The first-order valence-electron chi connectivity index (χ1n) is 5.70. The summed E-state index contributed by atoms with van der Waals surface area (Å²) >= 11 is 0. The summed E-state index contributed by atoms with van der Waals surface area (Å²) in [5.74, 6) is -2.43. The third-order valence-electron chi connectivity index (χ3n) is 2.88. The van der Waals surface area contributed by atoms with Gasteiger partial charge in [-0.05, 0) is 12.8 Å². The average molecular weight is 226 g/mol. The van der Waals surface area contributed by atoms with E-state index in [1.165, 1.54) is 0 Å². The number of hydrogen-bond donors (Lipinski definition) is 1. The molecule has 1 fully saturated rings. The van der Waals surface area contributed by atoms with Crippen molar-refractivity contribution in [3.05, 3.63) is 12.2 Å². The number of cyclic esters (lactones) is 1. The highest BCUT2D eigenvalue weighted by Crippen LogP contribution is 2.30. The van der Waals surface area contributed by atoms with Gasteiger partial charge in [-0.25, -0.2) is 4.79 Å². The fourth-order valence-electron chi connectivity index (χ4n) is 1.94. The normalized spacial score (nSPS) is 24.6. The van der Waals surface area contributed by atoms with Crippen molar-refractivity contribution in [2.24, 2.45) is 5.92 Å². The highest BCUT2D eigenvalue weighted by molar-refractivity contribution is 5.97. The van der Waals surface area contributed by atoms with Crippen LogP contribution >= 0.6 is 0 Å². The van der Waals surface area contributed by atoms with Crippen LogP contribution in [0.1, 0.15) is 39.0 Å². The van der Waals surface area contributed by atoms with Crippen LogP contribution in [0.3, 0.4) is 0 Å². The second-order valence-corrected chi connectivity index (χ2v) is 4.13. The SMILES string of the molecule is C=C1C(=O)O[C@@H](CCCCCC)[C@@H]1C(=O)O. The van der Waals surface area contributed by atoms with Gasteiger partial charge in [0, 0.05) is 5.57 Å². The number of esters is 1. The molecule has 0 radical (unpaired) electrons. The molecule has 1 heterocycles. The Balaban J connectivity index is 2.48. The number of hydrogen-bond acceptors (Lipinski definition) is 3. The first-order chi connectivity index (χ1) is 7.57. The number of carbonyl (C=O) groups excluding carboxylic acids is 1. The molecule has 0 saturated carbocycles. The summed E-state index contributed by atoms with van der Waals surface area (Å²) in [7, 11) is 0. The van der Waals surface area contributed by atoms with Crippen molar-refractivity contribution < 1.29 is 19.4 Å². The Hall–Kier alpha value is -1.32. The summed E-state index contributed by atoms with van der Waals surface area (Å²) in [6, 6.07) is 0. The Morgan fingerprint density at radius 2 is 2.12 bits per heavy atom. The van der Waals surface area contributed by atoms with Crippen LogP contribution in [-0.4, -0.2) is 23.1 Å². The maximum atomic E-state index is 11.2. The Kier molecular flexibility index (Phi) is 4.52. The van der Waals surface area contributed by atoms with E-state index in [0.29, 0.717) is 6.42 Å². The summed E-state index contributed by atoms with van der Waals surface area (Å²) < 4.78 is 5.01. The molecule has 1 rings (SSSR count). The van der Waals surface area contributed by atoms with Gasteiger partial charge in [0.15, 0.2) is 0 Å². The maximum absolute atomic E-state index is 11.2. The Bertz CT molecular complexity index is 295. The number of rotatable bonds is 6. The molecule has 0 bridgehead atoms. The molecule has 4 nitrogen and oxygen atoms in total. The van der Waals surface area contributed by atoms with Crippen molar-refractivity contribution in [1.82, 2.24) is 0 Å². The third-order valence-corrected chi connectivity index (χ3v) is 2.88. The van der Waals surface area contributed by atoms with Crippen LogP contribution in [0.5, 0.6) is 0 Å². The lowest BCUT2D eigenvalue weighted by Crippen LogP contribution is -2.24. The molecule has 0 aromatic rings. The molecule has 0 amide bonds. The summed E-state index contributed by atoms with van der Waals surface area (Å²) in [4.78, 5) is 22.2. The van der Waals surface area contributed by atoms with Crippen LogP contribution < -0.4 is 0 Å². The van der Waals surface area contributed by atoms with Crippen LogP contribution in [0.4, 0.5) is 0 Å². The second-order valence-electron chi connectivity index (χ2n) is 4.13. The number of carbonyl (C=O) groups is 2. The van der Waals surface area contributed by atoms with Gasteiger partial charge in [-0.3, -0.25) is 4.79 Å². The minimum absolute atomic E-state index is 0.0768. The van der Waals surface area contributed by atoms with E-state index in [1.807, 2.05) is 0 Å². The summed E-state index contributed by atoms with van der Waals surface area (Å²) in [5.41, 5.74) is 0.0768. The third kappa shape index (κ3) is 2.84. The maximum Gasteiger partial charge on any atom is 0.334 e. The van der Waals surface area contributed by atoms with E-state index in [-0.39, 0.29) is 5.57 Å². The molecule has 0 aromatic carbocycles. The van der Waals surface area contributed by atoms with Crippen molar-refractivity contribution >= 4 is 11.9 Å². The first kappa shape index (κ1) is 12.7. The monoisotopic (exact) mass is 226 g/mol. The van der Waals surface area contributed by atoms with Gasteiger partial charge < -0.3 is 9.84 Å². The molecule has 2 atom stereocenters. The second kappa shape index (κ2) is 5.68. The Morgan fingerprint density at radius 1 is 1.44 bits per heavy atom. The summed E-state index contributed by atoms with van der Waals surface area (Å²) in [6.07, 6.45) is 4.28. The zero-order valence-electron chi connectivity index (χ0n) is 9.57. The van der Waals surface area contributed by atoms with Gasteiger partial charge in [0.2, 0.25) is 0 Å². The molecule has 1 aliphatic heterocycles.